The van der Waals surface area contributed by atoms with Gasteiger partial charge in [0, 0.05) is 19.2 Å². The first-order valence-electron chi connectivity index (χ1n) is 8.03. The summed E-state index contributed by atoms with van der Waals surface area (Å²) >= 11 is 1.05. The third-order valence-electron chi connectivity index (χ3n) is 4.46. The molecular formula is C17H16FN3O3S. The number of aliphatic imine (C=N–C) groups is 1. The molecule has 3 heterocycles. The van der Waals surface area contributed by atoms with Crippen molar-refractivity contribution >= 4 is 39.3 Å². The van der Waals surface area contributed by atoms with Crippen LogP contribution in [0.15, 0.2) is 29.8 Å². The van der Waals surface area contributed by atoms with E-state index < -0.39 is 5.82 Å². The van der Waals surface area contributed by atoms with Crippen LogP contribution in [0.3, 0.4) is 0 Å². The first-order valence-corrected chi connectivity index (χ1v) is 8.85. The van der Waals surface area contributed by atoms with Gasteiger partial charge < -0.3 is 14.5 Å². The molecule has 2 fully saturated rings. The van der Waals surface area contributed by atoms with Crippen LogP contribution >= 0.6 is 11.8 Å². The SMILES string of the molecule is C=CCN1C(=O)COc2cc(F)c(N=C3SC(=O)[C@H]4CCCN34)cc21. The summed E-state index contributed by atoms with van der Waals surface area (Å²) in [6, 6.07) is 2.58. The van der Waals surface area contributed by atoms with Crippen molar-refractivity contribution in [1.82, 2.24) is 4.90 Å². The molecule has 2 saturated heterocycles. The number of ether oxygens (including phenoxy) is 1. The lowest BCUT2D eigenvalue weighted by molar-refractivity contribution is -0.121. The van der Waals surface area contributed by atoms with Gasteiger partial charge in [-0.15, -0.1) is 6.58 Å². The molecule has 3 aliphatic heterocycles. The molecule has 6 nitrogen and oxygen atoms in total. The van der Waals surface area contributed by atoms with Gasteiger partial charge in [0.25, 0.3) is 5.91 Å². The molecule has 0 aromatic heterocycles. The van der Waals surface area contributed by atoms with E-state index in [0.717, 1.165) is 31.1 Å². The van der Waals surface area contributed by atoms with E-state index in [-0.39, 0.29) is 29.4 Å². The lowest BCUT2D eigenvalue weighted by Gasteiger charge is -2.28. The molecule has 1 amide bonds. The monoisotopic (exact) mass is 361 g/mol. The third kappa shape index (κ3) is 2.70. The number of halogens is 1. The van der Waals surface area contributed by atoms with Crippen molar-refractivity contribution in [2.45, 2.75) is 18.9 Å². The Morgan fingerprint density at radius 1 is 1.44 bits per heavy atom. The Morgan fingerprint density at radius 3 is 3.08 bits per heavy atom. The number of benzene rings is 1. The second-order valence-electron chi connectivity index (χ2n) is 6.02. The van der Waals surface area contributed by atoms with Crippen LogP contribution in [0.1, 0.15) is 12.8 Å². The fraction of sp³-hybridized carbons (Fsp3) is 0.353. The average molecular weight is 361 g/mol. The van der Waals surface area contributed by atoms with E-state index >= 15 is 0 Å². The highest BCUT2D eigenvalue weighted by molar-refractivity contribution is 8.26. The number of rotatable bonds is 3. The van der Waals surface area contributed by atoms with Gasteiger partial charge >= 0.3 is 0 Å². The first-order chi connectivity index (χ1) is 12.1. The van der Waals surface area contributed by atoms with Crippen molar-refractivity contribution in [3.05, 3.63) is 30.6 Å². The molecule has 0 radical (unpaired) electrons. The van der Waals surface area contributed by atoms with Gasteiger partial charge in [-0.25, -0.2) is 9.38 Å². The molecule has 0 aliphatic carbocycles. The molecule has 1 atom stereocenters. The van der Waals surface area contributed by atoms with Crippen molar-refractivity contribution in [3.8, 4) is 5.75 Å². The predicted molar refractivity (Wildman–Crippen MR) is 93.9 cm³/mol. The normalized spacial score (nSPS) is 23.7. The Hall–Kier alpha value is -2.35. The summed E-state index contributed by atoms with van der Waals surface area (Å²) in [5.41, 5.74) is 0.554. The second-order valence-corrected chi connectivity index (χ2v) is 6.99. The van der Waals surface area contributed by atoms with Gasteiger partial charge in [0.1, 0.15) is 17.5 Å². The molecular weight excluding hydrogens is 345 g/mol. The summed E-state index contributed by atoms with van der Waals surface area (Å²) in [6.45, 7) is 4.57. The van der Waals surface area contributed by atoms with Gasteiger partial charge in [-0.05, 0) is 30.7 Å². The molecule has 0 bridgehead atoms. The number of amidine groups is 1. The molecule has 1 aromatic carbocycles. The average Bonchev–Trinajstić information content (AvgIpc) is 3.17. The summed E-state index contributed by atoms with van der Waals surface area (Å²) in [7, 11) is 0. The van der Waals surface area contributed by atoms with Crippen LogP contribution in [0.4, 0.5) is 15.8 Å². The minimum atomic E-state index is -0.546. The van der Waals surface area contributed by atoms with Gasteiger partial charge in [-0.2, -0.15) is 0 Å². The molecule has 25 heavy (non-hydrogen) atoms. The molecule has 0 N–H and O–H groups in total. The molecule has 3 aliphatic rings. The molecule has 130 valence electrons. The maximum Gasteiger partial charge on any atom is 0.265 e. The van der Waals surface area contributed by atoms with Crippen LogP contribution in [0.25, 0.3) is 0 Å². The van der Waals surface area contributed by atoms with Gasteiger partial charge in [0.05, 0.1) is 5.69 Å². The number of hydrogen-bond donors (Lipinski definition) is 0. The van der Waals surface area contributed by atoms with Crippen molar-refractivity contribution in [3.63, 3.8) is 0 Å². The van der Waals surface area contributed by atoms with Crippen molar-refractivity contribution in [2.75, 3.05) is 24.6 Å². The van der Waals surface area contributed by atoms with E-state index in [2.05, 4.69) is 11.6 Å². The van der Waals surface area contributed by atoms with Gasteiger partial charge in [-0.3, -0.25) is 9.59 Å². The van der Waals surface area contributed by atoms with Gasteiger partial charge in [0.15, 0.2) is 17.6 Å². The van der Waals surface area contributed by atoms with E-state index in [1.807, 2.05) is 4.90 Å². The van der Waals surface area contributed by atoms with Crippen LogP contribution < -0.4 is 9.64 Å². The number of fused-ring (bicyclic) bond motifs is 2. The number of thioether (sulfide) groups is 1. The van der Waals surface area contributed by atoms with Crippen LogP contribution in [0, 0.1) is 5.82 Å². The Morgan fingerprint density at radius 2 is 2.28 bits per heavy atom. The lowest BCUT2D eigenvalue weighted by Crippen LogP contribution is -2.38. The minimum absolute atomic E-state index is 0.0569. The van der Waals surface area contributed by atoms with Crippen LogP contribution in [0.2, 0.25) is 0 Å². The Bertz CT molecular complexity index is 811. The smallest absolute Gasteiger partial charge is 0.265 e. The standard InChI is InChI=1S/C17H16FN3O3S/c1-2-5-20-13-8-11(10(18)7-14(13)24-9-15(20)22)19-17-21-6-3-4-12(21)16(23)25-17/h2,7-8,12H,1,3-6,9H2/t12-/m1/s1. The molecule has 4 rings (SSSR count). The fourth-order valence-electron chi connectivity index (χ4n) is 3.27. The number of hydrogen-bond acceptors (Lipinski definition) is 5. The summed E-state index contributed by atoms with van der Waals surface area (Å²) in [4.78, 5) is 31.8. The predicted octanol–water partition coefficient (Wildman–Crippen LogP) is 2.46. The largest absolute Gasteiger partial charge is 0.481 e. The highest BCUT2D eigenvalue weighted by Gasteiger charge is 2.41. The molecule has 8 heteroatoms. The Labute approximate surface area is 148 Å². The van der Waals surface area contributed by atoms with Crippen LogP contribution in [0.5, 0.6) is 5.75 Å². The topological polar surface area (TPSA) is 62.2 Å². The van der Waals surface area contributed by atoms with Crippen molar-refractivity contribution in [2.24, 2.45) is 4.99 Å². The zero-order valence-electron chi connectivity index (χ0n) is 13.4. The molecule has 1 aromatic rings. The fourth-order valence-corrected chi connectivity index (χ4v) is 4.31. The van der Waals surface area contributed by atoms with E-state index in [4.69, 9.17) is 4.74 Å². The quantitative estimate of drug-likeness (QED) is 0.774. The number of amides is 1. The molecule has 0 unspecified atom stereocenters. The highest BCUT2D eigenvalue weighted by atomic mass is 32.2. The highest BCUT2D eigenvalue weighted by Crippen LogP contribution is 2.40. The Balaban J connectivity index is 1.74. The third-order valence-corrected chi connectivity index (χ3v) is 5.44. The number of carbonyl (C=O) groups excluding carboxylic acids is 2. The summed E-state index contributed by atoms with van der Waals surface area (Å²) in [5, 5.41) is 0.575. The minimum Gasteiger partial charge on any atom is -0.481 e. The lowest BCUT2D eigenvalue weighted by atomic mass is 10.2. The number of nitrogens with zero attached hydrogens (tertiary/aromatic N) is 3. The summed E-state index contributed by atoms with van der Waals surface area (Å²) < 4.78 is 19.8. The van der Waals surface area contributed by atoms with Crippen molar-refractivity contribution < 1.29 is 18.7 Å². The molecule has 0 saturated carbocycles. The summed E-state index contributed by atoms with van der Waals surface area (Å²) in [5.74, 6) is -0.463. The zero-order valence-corrected chi connectivity index (χ0v) is 14.2. The van der Waals surface area contributed by atoms with E-state index in [1.54, 1.807) is 6.08 Å². The summed E-state index contributed by atoms with van der Waals surface area (Å²) in [6.07, 6.45) is 3.34. The number of carbonyl (C=O) groups is 2. The van der Waals surface area contributed by atoms with E-state index in [9.17, 15) is 14.0 Å². The van der Waals surface area contributed by atoms with E-state index in [1.165, 1.54) is 17.0 Å². The van der Waals surface area contributed by atoms with Crippen molar-refractivity contribution in [1.29, 1.82) is 0 Å². The number of anilines is 1. The molecule has 0 spiro atoms. The van der Waals surface area contributed by atoms with E-state index in [0.29, 0.717) is 23.1 Å². The maximum atomic E-state index is 14.5. The van der Waals surface area contributed by atoms with Gasteiger partial charge in [0.2, 0.25) is 5.12 Å². The van der Waals surface area contributed by atoms with Gasteiger partial charge in [-0.1, -0.05) is 6.08 Å². The van der Waals surface area contributed by atoms with Crippen LogP contribution in [-0.2, 0) is 9.59 Å². The Kier molecular flexibility index (Phi) is 3.99. The zero-order chi connectivity index (χ0) is 17.6. The maximum absolute atomic E-state index is 14.5. The van der Waals surface area contributed by atoms with Crippen LogP contribution in [-0.4, -0.2) is 46.8 Å². The first kappa shape index (κ1) is 16.1. The second kappa shape index (κ2) is 6.18.